The maximum absolute atomic E-state index is 10.1. The van der Waals surface area contributed by atoms with Crippen molar-refractivity contribution in [2.45, 2.75) is 18.5 Å². The van der Waals surface area contributed by atoms with Crippen molar-refractivity contribution in [1.82, 2.24) is 0 Å². The van der Waals surface area contributed by atoms with Gasteiger partial charge < -0.3 is 16.6 Å². The van der Waals surface area contributed by atoms with Crippen molar-refractivity contribution in [2.24, 2.45) is 11.5 Å². The summed E-state index contributed by atoms with van der Waals surface area (Å²) in [6, 6.07) is 0. The van der Waals surface area contributed by atoms with Crippen LogP contribution in [0.25, 0.3) is 0 Å². The third-order valence-corrected chi connectivity index (χ3v) is 1.04. The quantitative estimate of drug-likeness (QED) is 0.420. The molecular weight excluding hydrogens is 136 g/mol. The number of carboxylic acid groups (broad SMARTS) is 1. The van der Waals surface area contributed by atoms with E-state index in [2.05, 4.69) is 0 Å². The molecule has 0 aliphatic rings. The molecule has 0 aromatic heterocycles. The van der Waals surface area contributed by atoms with Gasteiger partial charge in [0.15, 0.2) is 11.9 Å². The Labute approximate surface area is 58.0 Å². The van der Waals surface area contributed by atoms with Gasteiger partial charge in [0.2, 0.25) is 0 Å². The number of carbonyl (C=O) groups is 1. The number of carboxylic acids is 1. The van der Waals surface area contributed by atoms with Crippen LogP contribution in [0.1, 0.15) is 12.8 Å². The standard InChI is InChI=1S/C5H9N2O3/c6-5(7,4(9)10)2-1-3-8/h1-2,6-7H2,(H,9,10). The molecule has 0 rings (SSSR count). The van der Waals surface area contributed by atoms with Crippen LogP contribution < -0.4 is 11.5 Å². The molecule has 0 spiro atoms. The van der Waals surface area contributed by atoms with Crippen LogP contribution in [-0.2, 0) is 9.59 Å². The van der Waals surface area contributed by atoms with Gasteiger partial charge in [-0.2, -0.15) is 0 Å². The average Bonchev–Trinajstić information content (AvgIpc) is 1.84. The lowest BCUT2D eigenvalue weighted by Gasteiger charge is -2.16. The van der Waals surface area contributed by atoms with Crippen LogP contribution in [0, 0.1) is 0 Å². The molecule has 0 amide bonds. The summed E-state index contributed by atoms with van der Waals surface area (Å²) >= 11 is 0. The molecule has 10 heavy (non-hydrogen) atoms. The van der Waals surface area contributed by atoms with E-state index in [-0.39, 0.29) is 12.8 Å². The van der Waals surface area contributed by atoms with Crippen molar-refractivity contribution in [3.63, 3.8) is 0 Å². The number of hydrogen-bond acceptors (Lipinski definition) is 4. The lowest BCUT2D eigenvalue weighted by Crippen LogP contribution is -2.56. The van der Waals surface area contributed by atoms with E-state index in [0.29, 0.717) is 0 Å². The SMILES string of the molecule is NC(N)(CC[C]=O)C(=O)O. The van der Waals surface area contributed by atoms with E-state index >= 15 is 0 Å². The smallest absolute Gasteiger partial charge is 0.338 e. The summed E-state index contributed by atoms with van der Waals surface area (Å²) in [7, 11) is 0. The average molecular weight is 145 g/mol. The van der Waals surface area contributed by atoms with E-state index in [1.54, 1.807) is 0 Å². The highest BCUT2D eigenvalue weighted by molar-refractivity contribution is 5.77. The Morgan fingerprint density at radius 2 is 2.10 bits per heavy atom. The molecule has 5 N–H and O–H groups in total. The van der Waals surface area contributed by atoms with E-state index in [4.69, 9.17) is 16.6 Å². The number of rotatable bonds is 4. The van der Waals surface area contributed by atoms with Crippen LogP contribution in [0.4, 0.5) is 0 Å². The molecule has 1 radical (unpaired) electrons. The van der Waals surface area contributed by atoms with E-state index < -0.39 is 11.6 Å². The molecule has 0 bridgehead atoms. The van der Waals surface area contributed by atoms with Crippen LogP contribution in [-0.4, -0.2) is 23.0 Å². The van der Waals surface area contributed by atoms with Crippen LogP contribution in [0.2, 0.25) is 0 Å². The molecular formula is C5H9N2O3. The second-order valence-corrected chi connectivity index (χ2v) is 1.99. The third kappa shape index (κ3) is 2.56. The zero-order valence-electron chi connectivity index (χ0n) is 5.33. The van der Waals surface area contributed by atoms with Crippen molar-refractivity contribution >= 4 is 12.3 Å². The largest absolute Gasteiger partial charge is 0.479 e. The van der Waals surface area contributed by atoms with Crippen LogP contribution in [0.5, 0.6) is 0 Å². The van der Waals surface area contributed by atoms with Gasteiger partial charge in [0, 0.05) is 6.42 Å². The fourth-order valence-electron chi connectivity index (χ4n) is 0.365. The third-order valence-electron chi connectivity index (χ3n) is 1.04. The number of nitrogens with two attached hydrogens (primary N) is 2. The summed E-state index contributed by atoms with van der Waals surface area (Å²) in [5, 5.41) is 8.29. The van der Waals surface area contributed by atoms with Gasteiger partial charge in [0.05, 0.1) is 0 Å². The topological polar surface area (TPSA) is 106 Å². The number of aliphatic carboxylic acids is 1. The summed E-state index contributed by atoms with van der Waals surface area (Å²) in [6.07, 6.45) is 1.36. The summed E-state index contributed by atoms with van der Waals surface area (Å²) < 4.78 is 0. The fraction of sp³-hybridized carbons (Fsp3) is 0.600. The first-order chi connectivity index (χ1) is 4.50. The first kappa shape index (κ1) is 9.06. The molecule has 0 aromatic rings. The van der Waals surface area contributed by atoms with Gasteiger partial charge in [-0.25, -0.2) is 4.79 Å². The summed E-state index contributed by atoms with van der Waals surface area (Å²) in [4.78, 5) is 19.8. The van der Waals surface area contributed by atoms with Gasteiger partial charge in [-0.1, -0.05) is 0 Å². The lowest BCUT2D eigenvalue weighted by molar-refractivity contribution is -0.143. The Kier molecular flexibility index (Phi) is 2.98. The molecule has 5 nitrogen and oxygen atoms in total. The van der Waals surface area contributed by atoms with E-state index in [1.807, 2.05) is 0 Å². The lowest BCUT2D eigenvalue weighted by atomic mass is 10.1. The Morgan fingerprint density at radius 1 is 1.60 bits per heavy atom. The second kappa shape index (κ2) is 3.28. The normalized spacial score (nSPS) is 11.0. The molecule has 0 fully saturated rings. The van der Waals surface area contributed by atoms with E-state index in [1.165, 1.54) is 6.29 Å². The number of hydrogen-bond donors (Lipinski definition) is 3. The van der Waals surface area contributed by atoms with E-state index in [0.717, 1.165) is 0 Å². The molecule has 0 atom stereocenters. The van der Waals surface area contributed by atoms with Crippen molar-refractivity contribution in [3.8, 4) is 0 Å². The van der Waals surface area contributed by atoms with Gasteiger partial charge in [-0.05, 0) is 6.42 Å². The molecule has 0 aromatic carbocycles. The van der Waals surface area contributed by atoms with E-state index in [9.17, 15) is 9.59 Å². The Hall–Kier alpha value is -0.940. The van der Waals surface area contributed by atoms with Crippen LogP contribution >= 0.6 is 0 Å². The summed E-state index contributed by atoms with van der Waals surface area (Å²) in [5.41, 5.74) is 8.30. The maximum Gasteiger partial charge on any atom is 0.338 e. The van der Waals surface area contributed by atoms with Gasteiger partial charge in [-0.15, -0.1) is 0 Å². The molecule has 5 heteroatoms. The van der Waals surface area contributed by atoms with Crippen molar-refractivity contribution in [3.05, 3.63) is 0 Å². The maximum atomic E-state index is 10.1. The van der Waals surface area contributed by atoms with Gasteiger partial charge in [0.1, 0.15) is 0 Å². The highest BCUT2D eigenvalue weighted by Crippen LogP contribution is 1.99. The zero-order valence-corrected chi connectivity index (χ0v) is 5.33. The molecule has 0 aliphatic carbocycles. The Bertz CT molecular complexity index is 144. The molecule has 0 saturated heterocycles. The second-order valence-electron chi connectivity index (χ2n) is 1.99. The number of carbonyl (C=O) groups excluding carboxylic acids is 1. The fourth-order valence-corrected chi connectivity index (χ4v) is 0.365. The van der Waals surface area contributed by atoms with Crippen molar-refractivity contribution in [1.29, 1.82) is 0 Å². The highest BCUT2D eigenvalue weighted by Gasteiger charge is 2.27. The Balaban J connectivity index is 3.86. The Morgan fingerprint density at radius 3 is 2.40 bits per heavy atom. The molecule has 0 aliphatic heterocycles. The van der Waals surface area contributed by atoms with Crippen molar-refractivity contribution < 1.29 is 14.7 Å². The van der Waals surface area contributed by atoms with Gasteiger partial charge in [-0.3, -0.25) is 4.79 Å². The molecule has 0 saturated carbocycles. The predicted octanol–water partition coefficient (Wildman–Crippen LogP) is -1.43. The highest BCUT2D eigenvalue weighted by atomic mass is 16.4. The summed E-state index contributed by atoms with van der Waals surface area (Å²) in [5.74, 6) is -1.32. The van der Waals surface area contributed by atoms with Gasteiger partial charge in [0.25, 0.3) is 0 Å². The minimum absolute atomic E-state index is 0.0563. The minimum atomic E-state index is -1.79. The predicted molar refractivity (Wildman–Crippen MR) is 33.7 cm³/mol. The molecule has 0 unspecified atom stereocenters. The molecule has 57 valence electrons. The first-order valence-electron chi connectivity index (χ1n) is 2.67. The zero-order chi connectivity index (χ0) is 8.20. The molecule has 0 heterocycles. The summed E-state index contributed by atoms with van der Waals surface area (Å²) in [6.45, 7) is 0. The van der Waals surface area contributed by atoms with Crippen LogP contribution in [0.15, 0.2) is 0 Å². The monoisotopic (exact) mass is 145 g/mol. The first-order valence-corrected chi connectivity index (χ1v) is 2.67. The van der Waals surface area contributed by atoms with Crippen LogP contribution in [0.3, 0.4) is 0 Å². The van der Waals surface area contributed by atoms with Gasteiger partial charge >= 0.3 is 5.97 Å². The minimum Gasteiger partial charge on any atom is -0.479 e. The van der Waals surface area contributed by atoms with Crippen molar-refractivity contribution in [2.75, 3.05) is 0 Å².